The largest absolute Gasteiger partial charge is 0.493 e. The number of carbonyl (C=O) groups excluding carboxylic acids is 1. The molecule has 2 aromatic carbocycles. The van der Waals surface area contributed by atoms with Crippen molar-refractivity contribution in [2.45, 2.75) is 58.0 Å². The highest BCUT2D eigenvalue weighted by atomic mass is 35.5. The molecule has 0 radical (unpaired) electrons. The first-order valence-electron chi connectivity index (χ1n) is 13.0. The summed E-state index contributed by atoms with van der Waals surface area (Å²) < 4.78 is 23.9. The number of carbonyl (C=O) groups is 1. The predicted octanol–water partition coefficient (Wildman–Crippen LogP) is 6.06. The Balaban J connectivity index is 1.77. The molecule has 1 fully saturated rings. The molecule has 0 N–H and O–H groups in total. The van der Waals surface area contributed by atoms with E-state index in [9.17, 15) is 9.59 Å². The van der Waals surface area contributed by atoms with Crippen LogP contribution in [0.15, 0.2) is 39.6 Å². The van der Waals surface area contributed by atoms with E-state index in [1.165, 1.54) is 14.0 Å². The van der Waals surface area contributed by atoms with Crippen LogP contribution in [0.4, 0.5) is 5.69 Å². The van der Waals surface area contributed by atoms with E-state index < -0.39 is 0 Å². The van der Waals surface area contributed by atoms with E-state index in [1.54, 1.807) is 48.8 Å². The molecule has 1 unspecified atom stereocenters. The van der Waals surface area contributed by atoms with E-state index in [0.717, 1.165) is 19.3 Å². The standard InChI is InChI=1S/C29H32ClN3O6/c1-16-25-27(31-39-16)26-19(30)10-9-13-22(26)33(29(25)35)21-12-8-6-7-11-20(21)32(17(2)34)18-14-23(36-3)28(38-5)24(15-18)37-4/h9-10,13-15,20-21H,6-8,11-12H2,1-5H3/t20?,21-/m1/s1. The van der Waals surface area contributed by atoms with Gasteiger partial charge in [0.1, 0.15) is 16.7 Å². The molecule has 2 heterocycles. The van der Waals surface area contributed by atoms with Gasteiger partial charge in [0.2, 0.25) is 11.7 Å². The van der Waals surface area contributed by atoms with Gasteiger partial charge >= 0.3 is 0 Å². The second-order valence-corrected chi connectivity index (χ2v) is 10.2. The molecule has 1 aliphatic carbocycles. The van der Waals surface area contributed by atoms with E-state index in [-0.39, 0.29) is 23.6 Å². The summed E-state index contributed by atoms with van der Waals surface area (Å²) in [7, 11) is 4.62. The second kappa shape index (κ2) is 10.8. The zero-order chi connectivity index (χ0) is 27.8. The Bertz CT molecular complexity index is 1590. The summed E-state index contributed by atoms with van der Waals surface area (Å²) in [6.45, 7) is 3.27. The average Bonchev–Trinajstić information content (AvgIpc) is 3.16. The van der Waals surface area contributed by atoms with Crippen molar-refractivity contribution < 1.29 is 23.5 Å². The molecule has 0 aliphatic heterocycles. The number of amides is 1. The van der Waals surface area contributed by atoms with Crippen molar-refractivity contribution in [2.75, 3.05) is 26.2 Å². The zero-order valence-corrected chi connectivity index (χ0v) is 23.5. The minimum absolute atomic E-state index is 0.154. The Morgan fingerprint density at radius 3 is 2.38 bits per heavy atom. The minimum atomic E-state index is -0.331. The topological polar surface area (TPSA) is 96.0 Å². The maximum atomic E-state index is 14.2. The third kappa shape index (κ3) is 4.48. The summed E-state index contributed by atoms with van der Waals surface area (Å²) in [5, 5.41) is 5.73. The van der Waals surface area contributed by atoms with Gasteiger partial charge < -0.3 is 28.2 Å². The maximum Gasteiger partial charge on any atom is 0.264 e. The molecule has 9 nitrogen and oxygen atoms in total. The number of aryl methyl sites for hydroxylation is 1. The van der Waals surface area contributed by atoms with Crippen LogP contribution in [0, 0.1) is 6.92 Å². The molecule has 0 saturated heterocycles. The number of rotatable bonds is 6. The van der Waals surface area contributed by atoms with E-state index in [0.29, 0.717) is 68.4 Å². The van der Waals surface area contributed by atoms with Crippen LogP contribution in [0.3, 0.4) is 0 Å². The van der Waals surface area contributed by atoms with Gasteiger partial charge in [0.25, 0.3) is 5.56 Å². The van der Waals surface area contributed by atoms with E-state index >= 15 is 0 Å². The lowest BCUT2D eigenvalue weighted by Crippen LogP contribution is -2.46. The van der Waals surface area contributed by atoms with Gasteiger partial charge in [-0.15, -0.1) is 0 Å². The molecule has 1 aliphatic rings. The molecule has 0 bridgehead atoms. The number of aromatic nitrogens is 2. The van der Waals surface area contributed by atoms with Gasteiger partial charge in [-0.3, -0.25) is 9.59 Å². The lowest BCUT2D eigenvalue weighted by molar-refractivity contribution is -0.117. The highest BCUT2D eigenvalue weighted by Crippen LogP contribution is 2.44. The fraction of sp³-hybridized carbons (Fsp3) is 0.414. The van der Waals surface area contributed by atoms with Crippen LogP contribution in [0.25, 0.3) is 21.8 Å². The smallest absolute Gasteiger partial charge is 0.264 e. The Hall–Kier alpha value is -3.72. The molecule has 1 amide bonds. The first kappa shape index (κ1) is 26.9. The third-order valence-electron chi connectivity index (χ3n) is 7.66. The van der Waals surface area contributed by atoms with E-state index in [4.69, 9.17) is 30.3 Å². The van der Waals surface area contributed by atoms with Crippen LogP contribution >= 0.6 is 11.6 Å². The van der Waals surface area contributed by atoms with Crippen molar-refractivity contribution in [3.63, 3.8) is 0 Å². The molecular weight excluding hydrogens is 522 g/mol. The number of benzene rings is 2. The van der Waals surface area contributed by atoms with Gasteiger partial charge in [-0.1, -0.05) is 42.1 Å². The Kier molecular flexibility index (Phi) is 7.44. The summed E-state index contributed by atoms with van der Waals surface area (Å²) in [6, 6.07) is 8.38. The zero-order valence-electron chi connectivity index (χ0n) is 22.7. The summed E-state index contributed by atoms with van der Waals surface area (Å²) in [4.78, 5) is 29.3. The van der Waals surface area contributed by atoms with Gasteiger partial charge in [-0.2, -0.15) is 0 Å². The molecule has 5 rings (SSSR count). The fourth-order valence-corrected chi connectivity index (χ4v) is 6.24. The number of nitrogens with zero attached hydrogens (tertiary/aromatic N) is 3. The molecule has 1 saturated carbocycles. The molecule has 39 heavy (non-hydrogen) atoms. The van der Waals surface area contributed by atoms with Crippen molar-refractivity contribution in [3.8, 4) is 17.2 Å². The molecule has 206 valence electrons. The summed E-state index contributed by atoms with van der Waals surface area (Å²) in [5.74, 6) is 1.61. The SMILES string of the molecule is COc1cc(N(C(C)=O)C2CCCCC[C@H]2n2c(=O)c3c(C)onc3c3c(Cl)cccc32)cc(OC)c1OC. The normalized spacial score (nSPS) is 17.7. The van der Waals surface area contributed by atoms with Crippen molar-refractivity contribution in [2.24, 2.45) is 0 Å². The number of hydrogen-bond donors (Lipinski definition) is 0. The predicted molar refractivity (Wildman–Crippen MR) is 151 cm³/mol. The lowest BCUT2D eigenvalue weighted by Gasteiger charge is -2.37. The highest BCUT2D eigenvalue weighted by molar-refractivity contribution is 6.37. The van der Waals surface area contributed by atoms with Gasteiger partial charge in [0, 0.05) is 24.4 Å². The number of ether oxygens (including phenoxy) is 3. The number of halogens is 1. The van der Waals surface area contributed by atoms with E-state index in [2.05, 4.69) is 5.16 Å². The van der Waals surface area contributed by atoms with Crippen LogP contribution in [0.1, 0.15) is 50.8 Å². The molecule has 0 spiro atoms. The Labute approximate surface area is 231 Å². The van der Waals surface area contributed by atoms with Gasteiger partial charge in [-0.05, 0) is 31.9 Å². The number of fused-ring (bicyclic) bond motifs is 3. The molecule has 2 atom stereocenters. The fourth-order valence-electron chi connectivity index (χ4n) is 5.99. The second-order valence-electron chi connectivity index (χ2n) is 9.82. The van der Waals surface area contributed by atoms with Gasteiger partial charge in [0.05, 0.1) is 49.6 Å². The number of hydrogen-bond acceptors (Lipinski definition) is 7. The molecule has 2 aromatic heterocycles. The van der Waals surface area contributed by atoms with Gasteiger partial charge in [-0.25, -0.2) is 0 Å². The number of methoxy groups -OCH3 is 3. The molecule has 4 aromatic rings. The van der Waals surface area contributed by atoms with Gasteiger partial charge in [0.15, 0.2) is 11.5 Å². The van der Waals surface area contributed by atoms with Crippen LogP contribution in [0.2, 0.25) is 5.02 Å². The van der Waals surface area contributed by atoms with Crippen LogP contribution in [-0.2, 0) is 4.79 Å². The van der Waals surface area contributed by atoms with Crippen LogP contribution in [0.5, 0.6) is 17.2 Å². The monoisotopic (exact) mass is 553 g/mol. The highest BCUT2D eigenvalue weighted by Gasteiger charge is 2.36. The minimum Gasteiger partial charge on any atom is -0.493 e. The number of pyridine rings is 1. The average molecular weight is 554 g/mol. The Morgan fingerprint density at radius 2 is 1.74 bits per heavy atom. The quantitative estimate of drug-likeness (QED) is 0.268. The lowest BCUT2D eigenvalue weighted by atomic mass is 9.98. The summed E-state index contributed by atoms with van der Waals surface area (Å²) in [6.07, 6.45) is 4.23. The van der Waals surface area contributed by atoms with Crippen molar-refractivity contribution in [3.05, 3.63) is 51.5 Å². The van der Waals surface area contributed by atoms with Crippen LogP contribution in [-0.4, -0.2) is 43.0 Å². The first-order chi connectivity index (χ1) is 18.8. The van der Waals surface area contributed by atoms with Crippen molar-refractivity contribution in [1.82, 2.24) is 9.72 Å². The van der Waals surface area contributed by atoms with Crippen molar-refractivity contribution in [1.29, 1.82) is 0 Å². The van der Waals surface area contributed by atoms with Crippen molar-refractivity contribution >= 4 is 45.0 Å². The van der Waals surface area contributed by atoms with E-state index in [1.807, 2.05) is 12.1 Å². The van der Waals surface area contributed by atoms with Crippen LogP contribution < -0.4 is 24.7 Å². The molecule has 10 heteroatoms. The maximum absolute atomic E-state index is 14.2. The Morgan fingerprint density at radius 1 is 1.05 bits per heavy atom. The first-order valence-corrected chi connectivity index (χ1v) is 13.4. The summed E-state index contributed by atoms with van der Waals surface area (Å²) in [5.41, 5.74) is 1.52. The number of anilines is 1. The molecular formula is C29H32ClN3O6. The summed E-state index contributed by atoms with van der Waals surface area (Å²) >= 11 is 6.68. The third-order valence-corrected chi connectivity index (χ3v) is 7.97.